The normalized spacial score (nSPS) is 16.2. The molecule has 0 fully saturated rings. The second-order valence-electron chi connectivity index (χ2n) is 16.6. The number of rotatable bonds is 8. The fourth-order valence-corrected chi connectivity index (χ4v) is 35.7. The van der Waals surface area contributed by atoms with Gasteiger partial charge in [-0.25, -0.2) is 0 Å². The first-order chi connectivity index (χ1) is 25.0. The Labute approximate surface area is 336 Å². The van der Waals surface area contributed by atoms with Crippen LogP contribution in [0.25, 0.3) is 45.8 Å². The molecule has 0 saturated heterocycles. The number of pyridine rings is 2. The zero-order chi connectivity index (χ0) is 36.2. The average Bonchev–Trinajstić information content (AvgIpc) is 3.77. The van der Waals surface area contributed by atoms with Crippen LogP contribution in [0.1, 0.15) is 91.4 Å². The number of hydrogen-bond donors (Lipinski definition) is 0. The van der Waals surface area contributed by atoms with Crippen LogP contribution in [0, 0.1) is 0 Å². The summed E-state index contributed by atoms with van der Waals surface area (Å²) < 4.78 is 6.15. The Morgan fingerprint density at radius 2 is 0.889 bits per heavy atom. The molecule has 6 heteroatoms. The minimum absolute atomic E-state index is 0. The molecule has 0 aliphatic heterocycles. The minimum Gasteiger partial charge on any atom is -0.147 e. The van der Waals surface area contributed by atoms with E-state index in [-0.39, 0.29) is 24.8 Å². The first kappa shape index (κ1) is 40.0. The number of fused-ring (bicyclic) bond motifs is 2. The van der Waals surface area contributed by atoms with E-state index in [2.05, 4.69) is 165 Å². The van der Waals surface area contributed by atoms with Gasteiger partial charge in [-0.15, -0.1) is 24.8 Å². The van der Waals surface area contributed by atoms with Crippen LogP contribution in [-0.4, -0.2) is 16.9 Å². The Balaban J connectivity index is 0.00000249. The minimum atomic E-state index is -4.33. The number of benzene rings is 4. The van der Waals surface area contributed by atoms with Gasteiger partial charge in [-0.05, 0) is 0 Å². The van der Waals surface area contributed by atoms with E-state index in [1.807, 2.05) is 24.5 Å². The van der Waals surface area contributed by atoms with E-state index in [1.54, 1.807) is 0 Å². The molecule has 0 amide bonds. The quantitative estimate of drug-likeness (QED) is 0.142. The van der Waals surface area contributed by atoms with Crippen molar-refractivity contribution in [2.24, 2.45) is 0 Å². The van der Waals surface area contributed by atoms with Crippen LogP contribution in [0.15, 0.2) is 134 Å². The van der Waals surface area contributed by atoms with E-state index in [9.17, 15) is 0 Å². The summed E-state index contributed by atoms with van der Waals surface area (Å²) in [4.78, 5) is 9.86. The van der Waals surface area contributed by atoms with Gasteiger partial charge in [0.1, 0.15) is 0 Å². The second-order valence-corrected chi connectivity index (χ2v) is 60.1. The molecular weight excluding hydrogens is 882 g/mol. The maximum absolute atomic E-state index is 4.93. The van der Waals surface area contributed by atoms with Crippen molar-refractivity contribution in [3.05, 3.63) is 178 Å². The van der Waals surface area contributed by atoms with Crippen LogP contribution >= 0.6 is 24.8 Å². The summed E-state index contributed by atoms with van der Waals surface area (Å²) in [5.41, 5.74) is 18.6. The molecule has 2 unspecified atom stereocenters. The van der Waals surface area contributed by atoms with Gasteiger partial charge in [-0.3, -0.25) is 0 Å². The van der Waals surface area contributed by atoms with Crippen molar-refractivity contribution >= 4 is 55.1 Å². The average molecular weight is 932 g/mol. The van der Waals surface area contributed by atoms with Crippen LogP contribution < -0.4 is 0 Å². The Kier molecular flexibility index (Phi) is 11.5. The topological polar surface area (TPSA) is 25.8 Å². The van der Waals surface area contributed by atoms with Crippen LogP contribution in [-0.2, 0) is 17.1 Å². The van der Waals surface area contributed by atoms with E-state index in [0.29, 0.717) is 19.2 Å². The van der Waals surface area contributed by atoms with Crippen molar-refractivity contribution in [2.45, 2.75) is 56.2 Å². The van der Waals surface area contributed by atoms with Gasteiger partial charge >= 0.3 is 314 Å². The first-order valence-electron chi connectivity index (χ1n) is 18.8. The predicted octanol–water partition coefficient (Wildman–Crippen LogP) is 13.1. The third-order valence-corrected chi connectivity index (χ3v) is 36.4. The van der Waals surface area contributed by atoms with Crippen molar-refractivity contribution in [3.63, 3.8) is 0 Å². The second kappa shape index (κ2) is 15.5. The van der Waals surface area contributed by atoms with Crippen LogP contribution in [0.3, 0.4) is 0 Å². The molecule has 0 spiro atoms. The van der Waals surface area contributed by atoms with Gasteiger partial charge in [0, 0.05) is 0 Å². The number of hydrogen-bond acceptors (Lipinski definition) is 2. The predicted molar refractivity (Wildman–Crippen MR) is 236 cm³/mol. The molecule has 2 heterocycles. The monoisotopic (exact) mass is 932 g/mol. The van der Waals surface area contributed by atoms with E-state index < -0.39 is 17.1 Å². The largest absolute Gasteiger partial charge is 0.147 e. The third-order valence-electron chi connectivity index (χ3n) is 11.6. The standard InChI is InChI=1S/2C23H20N.2CH3.2ClH.Hf.H2Si/c2*1-16(2)18-12-20-13-19(17-8-4-3-5-9-17)15-21(20)22(14-18)23-10-6-7-11-24-23;;;;;;/h2*3-16H,1-2H3;2*1H3;2*1H;;1H2. The molecule has 2 atom stereocenters. The molecule has 0 radical (unpaired) electrons. The van der Waals surface area contributed by atoms with Gasteiger partial charge in [0.15, 0.2) is 0 Å². The number of allylic oxidation sites excluding steroid dienone is 2. The molecule has 2 aromatic heterocycles. The van der Waals surface area contributed by atoms with Gasteiger partial charge in [0.2, 0.25) is 0 Å². The molecule has 0 bridgehead atoms. The molecule has 6 aromatic rings. The molecule has 54 heavy (non-hydrogen) atoms. The van der Waals surface area contributed by atoms with E-state index in [4.69, 9.17) is 9.97 Å². The SMILES string of the molecule is CC(C)c1cc(-c2ccccn2)c2c(c1)[CH]([Hf]([CH3])([CH3])(=[SiH2])[CH]1C(c3ccccc3)=Cc3c(-c4ccccn4)cc(C(C)C)cc31)C(c1ccccc1)=C2.Cl.Cl. The maximum Gasteiger partial charge on any atom is -0.147 e. The summed E-state index contributed by atoms with van der Waals surface area (Å²) in [5, 5.41) is 0. The summed E-state index contributed by atoms with van der Waals surface area (Å²) in [6.45, 7) is 11.7. The molecule has 8 rings (SSSR count). The third kappa shape index (κ3) is 7.00. The molecule has 2 aliphatic carbocycles. The summed E-state index contributed by atoms with van der Waals surface area (Å²) in [5.74, 6) is 0.788. The van der Waals surface area contributed by atoms with Crippen molar-refractivity contribution in [1.82, 2.24) is 9.97 Å². The molecule has 2 nitrogen and oxygen atoms in total. The molecule has 4 aromatic carbocycles. The Morgan fingerprint density at radius 1 is 0.519 bits per heavy atom. The van der Waals surface area contributed by atoms with Gasteiger partial charge in [-0.1, -0.05) is 0 Å². The fourth-order valence-electron chi connectivity index (χ4n) is 9.12. The Morgan fingerprint density at radius 3 is 1.22 bits per heavy atom. The summed E-state index contributed by atoms with van der Waals surface area (Å²) in [6, 6.07) is 45.0. The fraction of sp³-hybridized carbons (Fsp3) is 0.208. The van der Waals surface area contributed by atoms with E-state index >= 15 is 0 Å². The number of halogens is 2. The maximum atomic E-state index is 4.93. The van der Waals surface area contributed by atoms with Gasteiger partial charge in [-0.2, -0.15) is 0 Å². The van der Waals surface area contributed by atoms with Gasteiger partial charge in [0.25, 0.3) is 0 Å². The Bertz CT molecular complexity index is 2270. The van der Waals surface area contributed by atoms with E-state index in [0.717, 1.165) is 11.4 Å². The summed E-state index contributed by atoms with van der Waals surface area (Å²) >= 11 is -4.33. The van der Waals surface area contributed by atoms with Crippen LogP contribution in [0.4, 0.5) is 0 Å². The molecule has 274 valence electrons. The van der Waals surface area contributed by atoms with Crippen molar-refractivity contribution in [2.75, 3.05) is 0 Å². The van der Waals surface area contributed by atoms with E-state index in [1.165, 1.54) is 66.8 Å². The van der Waals surface area contributed by atoms with Gasteiger partial charge < -0.3 is 0 Å². The summed E-state index contributed by atoms with van der Waals surface area (Å²) in [6.07, 6.45) is 8.96. The van der Waals surface area contributed by atoms with Crippen molar-refractivity contribution in [1.29, 1.82) is 0 Å². The Hall–Kier alpha value is -3.67. The molecule has 2 aliphatic rings. The first-order valence-corrected chi connectivity index (χ1v) is 38.5. The number of aromatic nitrogens is 2. The van der Waals surface area contributed by atoms with Gasteiger partial charge in [0.05, 0.1) is 0 Å². The molecule has 0 N–H and O–H groups in total. The van der Waals surface area contributed by atoms with Crippen LogP contribution in [0.2, 0.25) is 9.36 Å². The van der Waals surface area contributed by atoms with Crippen molar-refractivity contribution < 1.29 is 17.1 Å². The van der Waals surface area contributed by atoms with Crippen LogP contribution in [0.5, 0.6) is 0 Å². The number of nitrogens with zero attached hydrogens (tertiary/aromatic N) is 2. The zero-order valence-electron chi connectivity index (χ0n) is 32.1. The molecular formula is C48H50Cl2HfN2Si. The summed E-state index contributed by atoms with van der Waals surface area (Å²) in [7, 11) is 0. The smallest absolute Gasteiger partial charge is 0.147 e. The van der Waals surface area contributed by atoms with Crippen molar-refractivity contribution in [3.8, 4) is 22.5 Å². The zero-order valence-corrected chi connectivity index (χ0v) is 38.7. The molecule has 0 saturated carbocycles.